The van der Waals surface area contributed by atoms with Crippen molar-refractivity contribution in [3.8, 4) is 11.5 Å². The molecule has 0 radical (unpaired) electrons. The van der Waals surface area contributed by atoms with Gasteiger partial charge in [-0.3, -0.25) is 0 Å². The van der Waals surface area contributed by atoms with Gasteiger partial charge in [0.25, 0.3) is 0 Å². The average molecular weight is 275 g/mol. The van der Waals surface area contributed by atoms with Crippen molar-refractivity contribution in [2.45, 2.75) is 25.1 Å². The first-order valence-corrected chi connectivity index (χ1v) is 6.00. The smallest absolute Gasteiger partial charge is 0.404 e. The van der Waals surface area contributed by atoms with Gasteiger partial charge < -0.3 is 14.8 Å². The van der Waals surface area contributed by atoms with Gasteiger partial charge in [-0.25, -0.2) is 0 Å². The molecule has 1 aromatic rings. The Morgan fingerprint density at radius 1 is 1.21 bits per heavy atom. The molecule has 1 heterocycles. The van der Waals surface area contributed by atoms with Crippen molar-refractivity contribution in [2.24, 2.45) is 0 Å². The van der Waals surface area contributed by atoms with E-state index in [-0.39, 0.29) is 13.0 Å². The SMILES string of the molecule is COc1ccc2c(c1OC)CCNC(C(F)(F)F)C2. The van der Waals surface area contributed by atoms with Crippen molar-refractivity contribution in [1.82, 2.24) is 5.32 Å². The van der Waals surface area contributed by atoms with Crippen LogP contribution in [-0.2, 0) is 12.8 Å². The van der Waals surface area contributed by atoms with Crippen LogP contribution in [0.1, 0.15) is 11.1 Å². The van der Waals surface area contributed by atoms with E-state index in [2.05, 4.69) is 5.32 Å². The summed E-state index contributed by atoms with van der Waals surface area (Å²) in [5.41, 5.74) is 1.45. The molecular weight excluding hydrogens is 259 g/mol. The first kappa shape index (κ1) is 14.0. The summed E-state index contributed by atoms with van der Waals surface area (Å²) in [5, 5.41) is 2.54. The van der Waals surface area contributed by atoms with Gasteiger partial charge in [0.15, 0.2) is 11.5 Å². The lowest BCUT2D eigenvalue weighted by Crippen LogP contribution is -2.43. The van der Waals surface area contributed by atoms with Gasteiger partial charge in [-0.15, -0.1) is 0 Å². The molecule has 3 nitrogen and oxygen atoms in total. The Kier molecular flexibility index (Phi) is 3.89. The van der Waals surface area contributed by atoms with Crippen molar-refractivity contribution in [3.63, 3.8) is 0 Å². The fourth-order valence-electron chi connectivity index (χ4n) is 2.39. The van der Waals surface area contributed by atoms with E-state index in [4.69, 9.17) is 9.47 Å². The molecule has 1 N–H and O–H groups in total. The molecule has 0 bridgehead atoms. The zero-order chi connectivity index (χ0) is 14.0. The summed E-state index contributed by atoms with van der Waals surface area (Å²) < 4.78 is 48.9. The van der Waals surface area contributed by atoms with E-state index in [1.165, 1.54) is 14.2 Å². The molecule has 1 aliphatic heterocycles. The van der Waals surface area contributed by atoms with Crippen LogP contribution in [0.4, 0.5) is 13.2 Å². The molecule has 106 valence electrons. The van der Waals surface area contributed by atoms with Crippen LogP contribution >= 0.6 is 0 Å². The van der Waals surface area contributed by atoms with Gasteiger partial charge >= 0.3 is 6.18 Å². The topological polar surface area (TPSA) is 30.5 Å². The third-order valence-electron chi connectivity index (χ3n) is 3.33. The molecule has 0 spiro atoms. The Labute approximate surface area is 109 Å². The van der Waals surface area contributed by atoms with Crippen molar-refractivity contribution in [2.75, 3.05) is 20.8 Å². The number of halogens is 3. The predicted octanol–water partition coefficient (Wildman–Crippen LogP) is 2.32. The van der Waals surface area contributed by atoms with Crippen molar-refractivity contribution in [1.29, 1.82) is 0 Å². The van der Waals surface area contributed by atoms with Crippen LogP contribution in [0, 0.1) is 0 Å². The number of rotatable bonds is 2. The maximum absolute atomic E-state index is 12.8. The molecule has 1 aromatic carbocycles. The van der Waals surface area contributed by atoms with E-state index in [1.807, 2.05) is 0 Å². The number of alkyl halides is 3. The summed E-state index contributed by atoms with van der Waals surface area (Å²) in [6, 6.07) is 1.82. The highest BCUT2D eigenvalue weighted by molar-refractivity contribution is 5.51. The summed E-state index contributed by atoms with van der Waals surface area (Å²) in [6.45, 7) is 0.265. The highest BCUT2D eigenvalue weighted by Gasteiger charge is 2.40. The fraction of sp³-hybridized carbons (Fsp3) is 0.538. The Morgan fingerprint density at radius 2 is 1.95 bits per heavy atom. The summed E-state index contributed by atoms with van der Waals surface area (Å²) >= 11 is 0. The standard InChI is InChI=1S/C13H16F3NO2/c1-18-10-4-3-8-7-11(13(14,15)16)17-6-5-9(8)12(10)19-2/h3-4,11,17H,5-7H2,1-2H3. The molecule has 0 saturated heterocycles. The largest absolute Gasteiger partial charge is 0.493 e. The molecule has 0 aromatic heterocycles. The summed E-state index contributed by atoms with van der Waals surface area (Å²) in [4.78, 5) is 0. The number of hydrogen-bond donors (Lipinski definition) is 1. The van der Waals surface area contributed by atoms with Gasteiger partial charge in [0.1, 0.15) is 6.04 Å². The monoisotopic (exact) mass is 275 g/mol. The molecule has 0 amide bonds. The van der Waals surface area contributed by atoms with Crippen LogP contribution < -0.4 is 14.8 Å². The quantitative estimate of drug-likeness (QED) is 0.898. The Hall–Kier alpha value is -1.43. The molecule has 1 unspecified atom stereocenters. The van der Waals surface area contributed by atoms with E-state index in [9.17, 15) is 13.2 Å². The van der Waals surface area contributed by atoms with Crippen LogP contribution in [0.5, 0.6) is 11.5 Å². The fourth-order valence-corrected chi connectivity index (χ4v) is 2.39. The van der Waals surface area contributed by atoms with Crippen molar-refractivity contribution < 1.29 is 22.6 Å². The number of methoxy groups -OCH3 is 2. The molecule has 0 saturated carbocycles. The lowest BCUT2D eigenvalue weighted by molar-refractivity contribution is -0.155. The van der Waals surface area contributed by atoms with Crippen LogP contribution in [-0.4, -0.2) is 33.0 Å². The van der Waals surface area contributed by atoms with Gasteiger partial charge in [0.05, 0.1) is 14.2 Å². The average Bonchev–Trinajstić information content (AvgIpc) is 2.58. The lowest BCUT2D eigenvalue weighted by atomic mass is 9.98. The Bertz CT molecular complexity index is 460. The predicted molar refractivity (Wildman–Crippen MR) is 64.8 cm³/mol. The molecular formula is C13H16F3NO2. The first-order chi connectivity index (χ1) is 8.97. The summed E-state index contributed by atoms with van der Waals surface area (Å²) in [6.07, 6.45) is -3.84. The zero-order valence-corrected chi connectivity index (χ0v) is 10.8. The molecule has 6 heteroatoms. The maximum Gasteiger partial charge on any atom is 0.404 e. The number of hydrogen-bond acceptors (Lipinski definition) is 3. The second-order valence-electron chi connectivity index (χ2n) is 4.44. The number of nitrogens with one attached hydrogen (secondary N) is 1. The normalized spacial score (nSPS) is 19.5. The van der Waals surface area contributed by atoms with Crippen LogP contribution in [0.3, 0.4) is 0 Å². The third kappa shape index (κ3) is 2.78. The van der Waals surface area contributed by atoms with Crippen molar-refractivity contribution in [3.05, 3.63) is 23.3 Å². The van der Waals surface area contributed by atoms with Gasteiger partial charge in [-0.2, -0.15) is 13.2 Å². The third-order valence-corrected chi connectivity index (χ3v) is 3.33. The van der Waals surface area contributed by atoms with Gasteiger partial charge in [-0.05, 0) is 31.0 Å². The highest BCUT2D eigenvalue weighted by Crippen LogP contribution is 2.36. The first-order valence-electron chi connectivity index (χ1n) is 6.00. The molecule has 0 aliphatic carbocycles. The van der Waals surface area contributed by atoms with Crippen molar-refractivity contribution >= 4 is 0 Å². The van der Waals surface area contributed by atoms with Crippen LogP contribution in [0.15, 0.2) is 12.1 Å². The molecule has 0 fully saturated rings. The Morgan fingerprint density at radius 3 is 2.53 bits per heavy atom. The zero-order valence-electron chi connectivity index (χ0n) is 10.8. The van der Waals surface area contributed by atoms with Crippen LogP contribution in [0.2, 0.25) is 0 Å². The molecule has 1 aliphatic rings. The number of fused-ring (bicyclic) bond motifs is 1. The van der Waals surface area contributed by atoms with E-state index in [0.29, 0.717) is 23.5 Å². The maximum atomic E-state index is 12.8. The van der Waals surface area contributed by atoms with E-state index >= 15 is 0 Å². The van der Waals surface area contributed by atoms with E-state index in [0.717, 1.165) is 5.56 Å². The van der Waals surface area contributed by atoms with Gasteiger partial charge in [-0.1, -0.05) is 6.07 Å². The van der Waals surface area contributed by atoms with E-state index < -0.39 is 12.2 Å². The minimum Gasteiger partial charge on any atom is -0.493 e. The number of benzene rings is 1. The van der Waals surface area contributed by atoms with Gasteiger partial charge in [0, 0.05) is 5.56 Å². The molecule has 19 heavy (non-hydrogen) atoms. The van der Waals surface area contributed by atoms with E-state index in [1.54, 1.807) is 12.1 Å². The minimum atomic E-state index is -4.24. The summed E-state index contributed by atoms with van der Waals surface area (Å²) in [7, 11) is 3.01. The lowest BCUT2D eigenvalue weighted by Gasteiger charge is -2.20. The Balaban J connectivity index is 2.40. The van der Waals surface area contributed by atoms with Gasteiger partial charge in [0.2, 0.25) is 0 Å². The van der Waals surface area contributed by atoms with Crippen LogP contribution in [0.25, 0.3) is 0 Å². The second-order valence-corrected chi connectivity index (χ2v) is 4.44. The minimum absolute atomic E-state index is 0.0841. The second kappa shape index (κ2) is 5.28. The molecule has 2 rings (SSSR count). The summed E-state index contributed by atoms with van der Waals surface area (Å²) in [5.74, 6) is 1.08. The number of ether oxygens (including phenoxy) is 2. The highest BCUT2D eigenvalue weighted by atomic mass is 19.4. The molecule has 1 atom stereocenters.